The normalized spacial score (nSPS) is 10.4. The Labute approximate surface area is 133 Å². The fourth-order valence-electron chi connectivity index (χ4n) is 1.60. The average Bonchev–Trinajstić information content (AvgIpc) is 2.38. The molecule has 20 heavy (non-hydrogen) atoms. The average molecular weight is 408 g/mol. The Bertz CT molecular complexity index is 691. The quantitative estimate of drug-likeness (QED) is 0.713. The van der Waals surface area contributed by atoms with Crippen molar-refractivity contribution in [1.29, 1.82) is 0 Å². The molecule has 2 rings (SSSR count). The molecule has 0 aliphatic carbocycles. The van der Waals surface area contributed by atoms with Crippen LogP contribution in [0.3, 0.4) is 0 Å². The van der Waals surface area contributed by atoms with E-state index in [1.165, 1.54) is 13.0 Å². The van der Waals surface area contributed by atoms with Crippen LogP contribution in [0.4, 0.5) is 14.5 Å². The van der Waals surface area contributed by atoms with Crippen molar-refractivity contribution < 1.29 is 13.6 Å². The zero-order chi connectivity index (χ0) is 14.9. The summed E-state index contributed by atoms with van der Waals surface area (Å²) < 4.78 is 27.8. The molecular weight excluding hydrogens is 399 g/mol. The van der Waals surface area contributed by atoms with Crippen LogP contribution in [0.5, 0.6) is 0 Å². The second kappa shape index (κ2) is 6.05. The molecule has 1 amide bonds. The van der Waals surface area contributed by atoms with Crippen molar-refractivity contribution in [2.24, 2.45) is 0 Å². The van der Waals surface area contributed by atoms with Gasteiger partial charge in [0.1, 0.15) is 11.6 Å². The number of carbonyl (C=O) groups excluding carboxylic acids is 1. The molecule has 0 heterocycles. The van der Waals surface area contributed by atoms with Gasteiger partial charge in [-0.1, -0.05) is 11.6 Å². The molecule has 0 aliphatic heterocycles. The first-order chi connectivity index (χ1) is 9.38. The summed E-state index contributed by atoms with van der Waals surface area (Å²) in [4.78, 5) is 12.1. The number of hydrogen-bond acceptors (Lipinski definition) is 1. The van der Waals surface area contributed by atoms with E-state index in [0.29, 0.717) is 14.2 Å². The number of halogens is 4. The first kappa shape index (κ1) is 15.2. The predicted molar refractivity (Wildman–Crippen MR) is 83.2 cm³/mol. The van der Waals surface area contributed by atoms with E-state index in [0.717, 1.165) is 12.1 Å². The van der Waals surface area contributed by atoms with Gasteiger partial charge in [-0.05, 0) is 59.3 Å². The van der Waals surface area contributed by atoms with E-state index < -0.39 is 17.5 Å². The number of rotatable bonds is 2. The lowest BCUT2D eigenvalue weighted by molar-refractivity contribution is 0.102. The van der Waals surface area contributed by atoms with Crippen molar-refractivity contribution in [1.82, 2.24) is 0 Å². The number of hydrogen-bond donors (Lipinski definition) is 1. The molecule has 2 aromatic carbocycles. The van der Waals surface area contributed by atoms with E-state index in [4.69, 9.17) is 11.6 Å². The van der Waals surface area contributed by atoms with Gasteiger partial charge in [0.25, 0.3) is 5.91 Å². The van der Waals surface area contributed by atoms with Gasteiger partial charge in [0.05, 0.1) is 11.3 Å². The zero-order valence-electron chi connectivity index (χ0n) is 10.3. The fraction of sp³-hybridized carbons (Fsp3) is 0.0714. The highest BCUT2D eigenvalue weighted by Crippen LogP contribution is 2.22. The molecule has 6 heteroatoms. The van der Waals surface area contributed by atoms with Crippen LogP contribution in [0.2, 0.25) is 5.02 Å². The van der Waals surface area contributed by atoms with Gasteiger partial charge in [-0.25, -0.2) is 8.78 Å². The van der Waals surface area contributed by atoms with Gasteiger partial charge in [0, 0.05) is 14.7 Å². The minimum Gasteiger partial charge on any atom is -0.319 e. The van der Waals surface area contributed by atoms with Crippen molar-refractivity contribution in [2.75, 3.05) is 5.32 Å². The molecule has 1 N–H and O–H groups in total. The predicted octanol–water partition coefficient (Wildman–Crippen LogP) is 4.78. The van der Waals surface area contributed by atoms with Crippen molar-refractivity contribution in [3.05, 3.63) is 61.7 Å². The lowest BCUT2D eigenvalue weighted by atomic mass is 10.1. The van der Waals surface area contributed by atoms with E-state index in [1.54, 1.807) is 12.1 Å². The molecule has 0 saturated heterocycles. The zero-order valence-corrected chi connectivity index (χ0v) is 13.2. The summed E-state index contributed by atoms with van der Waals surface area (Å²) >= 11 is 7.79. The van der Waals surface area contributed by atoms with Gasteiger partial charge >= 0.3 is 0 Å². The summed E-state index contributed by atoms with van der Waals surface area (Å²) in [6, 6.07) is 6.78. The van der Waals surface area contributed by atoms with Crippen LogP contribution in [0, 0.1) is 22.1 Å². The van der Waals surface area contributed by atoms with Crippen LogP contribution in [0.1, 0.15) is 15.9 Å². The molecule has 0 fully saturated rings. The van der Waals surface area contributed by atoms with Crippen LogP contribution in [0.15, 0.2) is 30.3 Å². The number of nitrogens with one attached hydrogen (secondary N) is 1. The summed E-state index contributed by atoms with van der Waals surface area (Å²) in [5.41, 5.74) is 0.283. The highest BCUT2D eigenvalue weighted by Gasteiger charge is 2.14. The third-order valence-corrected chi connectivity index (χ3v) is 3.85. The topological polar surface area (TPSA) is 29.1 Å². The maximum absolute atomic E-state index is 13.7. The molecule has 2 aromatic rings. The molecule has 0 aromatic heterocycles. The summed E-state index contributed by atoms with van der Waals surface area (Å²) in [6.45, 7) is 1.45. The minimum atomic E-state index is -0.686. The van der Waals surface area contributed by atoms with Crippen LogP contribution in [-0.2, 0) is 0 Å². The van der Waals surface area contributed by atoms with Crippen molar-refractivity contribution in [3.8, 4) is 0 Å². The molecule has 0 saturated carbocycles. The Morgan fingerprint density at radius 2 is 1.90 bits per heavy atom. The number of amides is 1. The first-order valence-electron chi connectivity index (χ1n) is 5.60. The summed E-state index contributed by atoms with van der Waals surface area (Å²) in [7, 11) is 0. The SMILES string of the molecule is Cc1cc(F)c(NC(=O)c2cc(Cl)ccc2I)cc1F. The smallest absolute Gasteiger partial charge is 0.256 e. The van der Waals surface area contributed by atoms with Gasteiger partial charge in [0.15, 0.2) is 0 Å². The number of benzene rings is 2. The van der Waals surface area contributed by atoms with Crippen LogP contribution >= 0.6 is 34.2 Å². The Morgan fingerprint density at radius 3 is 2.60 bits per heavy atom. The molecule has 2 nitrogen and oxygen atoms in total. The highest BCUT2D eigenvalue weighted by atomic mass is 127. The monoisotopic (exact) mass is 407 g/mol. The van der Waals surface area contributed by atoms with Gasteiger partial charge < -0.3 is 5.32 Å². The fourth-order valence-corrected chi connectivity index (χ4v) is 2.36. The Kier molecular flexibility index (Phi) is 4.59. The molecular formula is C14H9ClF2INO. The first-order valence-corrected chi connectivity index (χ1v) is 7.06. The Hall–Kier alpha value is -1.21. The van der Waals surface area contributed by atoms with E-state index in [9.17, 15) is 13.6 Å². The lowest BCUT2D eigenvalue weighted by Crippen LogP contribution is -2.15. The van der Waals surface area contributed by atoms with Gasteiger partial charge in [-0.15, -0.1) is 0 Å². The summed E-state index contributed by atoms with van der Waals surface area (Å²) in [6.07, 6.45) is 0. The van der Waals surface area contributed by atoms with E-state index >= 15 is 0 Å². The second-order valence-electron chi connectivity index (χ2n) is 4.16. The molecule has 0 unspecified atom stereocenters. The van der Waals surface area contributed by atoms with E-state index in [-0.39, 0.29) is 11.3 Å². The Balaban J connectivity index is 2.32. The van der Waals surface area contributed by atoms with Crippen molar-refractivity contribution in [3.63, 3.8) is 0 Å². The molecule has 0 radical (unpaired) electrons. The third kappa shape index (κ3) is 3.27. The maximum Gasteiger partial charge on any atom is 0.256 e. The number of anilines is 1. The molecule has 0 spiro atoms. The standard InChI is InChI=1S/C14H9ClF2INO/c1-7-4-11(17)13(6-10(7)16)19-14(20)9-5-8(15)2-3-12(9)18/h2-6H,1H3,(H,19,20). The van der Waals surface area contributed by atoms with Gasteiger partial charge in [-0.3, -0.25) is 4.79 Å². The Morgan fingerprint density at radius 1 is 1.20 bits per heavy atom. The van der Waals surface area contributed by atoms with Crippen LogP contribution < -0.4 is 5.32 Å². The molecule has 104 valence electrons. The molecule has 0 aliphatic rings. The van der Waals surface area contributed by atoms with Crippen LogP contribution in [-0.4, -0.2) is 5.91 Å². The third-order valence-electron chi connectivity index (χ3n) is 2.67. The number of aryl methyl sites for hydroxylation is 1. The van der Waals surface area contributed by atoms with Gasteiger partial charge in [0.2, 0.25) is 0 Å². The molecule has 0 atom stereocenters. The lowest BCUT2D eigenvalue weighted by Gasteiger charge is -2.09. The highest BCUT2D eigenvalue weighted by molar-refractivity contribution is 14.1. The van der Waals surface area contributed by atoms with Gasteiger partial charge in [-0.2, -0.15) is 0 Å². The van der Waals surface area contributed by atoms with E-state index in [2.05, 4.69) is 5.32 Å². The molecule has 0 bridgehead atoms. The maximum atomic E-state index is 13.7. The van der Waals surface area contributed by atoms with Crippen LogP contribution in [0.25, 0.3) is 0 Å². The van der Waals surface area contributed by atoms with E-state index in [1.807, 2.05) is 22.6 Å². The minimum absolute atomic E-state index is 0.179. The largest absolute Gasteiger partial charge is 0.319 e. The second-order valence-corrected chi connectivity index (χ2v) is 5.76. The van der Waals surface area contributed by atoms with Crippen molar-refractivity contribution in [2.45, 2.75) is 6.92 Å². The van der Waals surface area contributed by atoms with Crippen molar-refractivity contribution >= 4 is 45.8 Å². The summed E-state index contributed by atoms with van der Waals surface area (Å²) in [5, 5.41) is 2.74. The number of carbonyl (C=O) groups is 1. The summed E-state index contributed by atoms with van der Waals surface area (Å²) in [5.74, 6) is -1.81.